The Balaban J connectivity index is 0. The number of nitrogens with zero attached hydrogens (tertiary/aromatic N) is 12. The first-order valence-corrected chi connectivity index (χ1v) is 29.6. The molecule has 2 heterocycles. The van der Waals surface area contributed by atoms with Gasteiger partial charge in [0.15, 0.2) is 40.3 Å². The van der Waals surface area contributed by atoms with Crippen LogP contribution in [0.3, 0.4) is 0 Å². The van der Waals surface area contributed by atoms with E-state index >= 15 is 0 Å². The Morgan fingerprint density at radius 3 is 1.32 bits per heavy atom. The predicted molar refractivity (Wildman–Crippen MR) is 406 cm³/mol. The Bertz CT molecular complexity index is 3490. The van der Waals surface area contributed by atoms with Gasteiger partial charge in [-0.2, -0.15) is 30.6 Å². The van der Waals surface area contributed by atoms with Gasteiger partial charge in [-0.3, -0.25) is 0 Å². The first-order valence-electron chi connectivity index (χ1n) is 28.8. The highest BCUT2D eigenvalue weighted by Crippen LogP contribution is 2.21. The van der Waals surface area contributed by atoms with Crippen molar-refractivity contribution in [1.82, 2.24) is 32.6 Å². The van der Waals surface area contributed by atoms with E-state index in [9.17, 15) is 20.1 Å². The second-order valence-corrected chi connectivity index (χ2v) is 18.7. The summed E-state index contributed by atoms with van der Waals surface area (Å²) >= 11 is 1.57. The number of furan rings is 1. The minimum Gasteiger partial charge on any atom is -0.493 e. The van der Waals surface area contributed by atoms with Gasteiger partial charge in [0, 0.05) is 44.2 Å². The Morgan fingerprint density at radius 1 is 0.485 bits per heavy atom. The van der Waals surface area contributed by atoms with Crippen LogP contribution in [-0.4, -0.2) is 161 Å². The van der Waals surface area contributed by atoms with Crippen molar-refractivity contribution in [1.29, 1.82) is 0 Å². The highest BCUT2D eigenvalue weighted by Gasteiger charge is 2.22. The van der Waals surface area contributed by atoms with Gasteiger partial charge >= 0.3 is 14.2 Å². The number of benzene rings is 2. The fraction of sp³-hybridized carbons (Fsp3) is 0.153. The van der Waals surface area contributed by atoms with Crippen LogP contribution in [0.25, 0.3) is 24.3 Å². The van der Waals surface area contributed by atoms with E-state index in [1.165, 1.54) is 30.9 Å². The minimum absolute atomic E-state index is 0.0227. The molecule has 0 aliphatic carbocycles. The van der Waals surface area contributed by atoms with Gasteiger partial charge in [-0.05, 0) is 97.8 Å². The van der Waals surface area contributed by atoms with Crippen LogP contribution < -0.4 is 118 Å². The molecule has 2 aromatic carbocycles. The molecule has 99 heavy (non-hydrogen) atoms. The number of guanidine groups is 6. The molecule has 0 spiro atoms. The Kier molecular flexibility index (Phi) is 51.4. The van der Waals surface area contributed by atoms with Gasteiger partial charge in [-0.25, -0.2) is 0 Å². The maximum absolute atomic E-state index is 9.56. The molecule has 0 amide bonds. The Hall–Kier alpha value is -12.9. The molecule has 0 atom stereocenters. The van der Waals surface area contributed by atoms with Gasteiger partial charge in [0.2, 0.25) is 0 Å². The van der Waals surface area contributed by atoms with E-state index in [0.717, 1.165) is 41.9 Å². The number of hydrazone groups is 6. The van der Waals surface area contributed by atoms with Crippen molar-refractivity contribution in [3.63, 3.8) is 0 Å². The zero-order valence-electron chi connectivity index (χ0n) is 55.4. The number of hydrogen-bond acceptors (Lipinski definition) is 20. The molecular formula is C59H92B2N30O7S+6. The molecule has 0 aliphatic rings. The molecule has 37 nitrogen and oxygen atoms in total. The molecule has 40 heteroatoms. The first kappa shape index (κ1) is 88.1. The summed E-state index contributed by atoms with van der Waals surface area (Å²) in [7, 11) is -3.36. The Labute approximate surface area is 578 Å². The number of rotatable bonds is 33. The lowest BCUT2D eigenvalue weighted by Crippen LogP contribution is -2.80. The molecule has 0 bridgehead atoms. The first-order chi connectivity index (χ1) is 47.7. The molecule has 2 aromatic heterocycles. The number of nitrogens with two attached hydrogens (primary N) is 6. The summed E-state index contributed by atoms with van der Waals surface area (Å²) in [6.45, 7) is 46.3. The molecule has 4 aromatic rings. The fourth-order valence-electron chi connectivity index (χ4n) is 6.01. The second-order valence-electron chi connectivity index (χ2n) is 17.5. The molecule has 4 rings (SSSR count). The van der Waals surface area contributed by atoms with Crippen LogP contribution >= 0.6 is 11.3 Å². The van der Waals surface area contributed by atoms with Gasteiger partial charge in [-0.15, -0.1) is 112 Å². The molecule has 0 saturated heterocycles. The number of nitrogens with one attached hydrogen (secondary N) is 12. The summed E-state index contributed by atoms with van der Waals surface area (Å²) in [6.07, 6.45) is 23.4. The number of unbranched alkanes of at least 4 members (excludes halogenated alkanes) is 2. The summed E-state index contributed by atoms with van der Waals surface area (Å²) < 4.78 is 16.5. The van der Waals surface area contributed by atoms with Crippen molar-refractivity contribution < 1.29 is 64.6 Å². The van der Waals surface area contributed by atoms with E-state index in [-0.39, 0.29) is 46.7 Å². The van der Waals surface area contributed by atoms with Gasteiger partial charge < -0.3 is 68.4 Å². The lowest BCUT2D eigenvalue weighted by atomic mass is 9.77. The SMILES string of the molecule is C=CC=NN=C(N)N[NH+]=C.C=CCCCC=NN=C(N)N[NH+]=C.C=Cc1cc(C=NN=C(N)N[NH+]=C)c(OCCC)c(B(O)O)c1.C=Cc1cc(C=NN=C(N)N[NH+]=C)cc(B(O)O)c1OCCC.C=Cc1ccc(C=NN=C(N)N[NH+]=C)o1.C=Cc1ccc(C=NN=C(N)N[NH+]=C)s1. The van der Waals surface area contributed by atoms with E-state index < -0.39 is 14.2 Å². The molecule has 0 aliphatic heterocycles. The highest BCUT2D eigenvalue weighted by atomic mass is 32.1. The molecule has 0 unspecified atom stereocenters. The minimum atomic E-state index is -1.68. The maximum Gasteiger partial charge on any atom is 0.492 e. The quantitative estimate of drug-likeness (QED) is 0.00526. The van der Waals surface area contributed by atoms with Crippen molar-refractivity contribution in [2.45, 2.75) is 46.0 Å². The lowest BCUT2D eigenvalue weighted by Gasteiger charge is -2.14. The smallest absolute Gasteiger partial charge is 0.492 e. The monoisotopic (exact) mass is 1390 g/mol. The van der Waals surface area contributed by atoms with Crippen LogP contribution in [0.2, 0.25) is 0 Å². The summed E-state index contributed by atoms with van der Waals surface area (Å²) in [4.78, 5) is 2.08. The zero-order valence-corrected chi connectivity index (χ0v) is 56.2. The number of hydrogen-bond donors (Lipinski definition) is 22. The van der Waals surface area contributed by atoms with Crippen molar-refractivity contribution in [3.05, 3.63) is 144 Å². The van der Waals surface area contributed by atoms with E-state index in [1.807, 2.05) is 32.1 Å². The van der Waals surface area contributed by atoms with Gasteiger partial charge in [-0.1, -0.05) is 77.1 Å². The van der Waals surface area contributed by atoms with E-state index in [0.29, 0.717) is 58.5 Å². The third kappa shape index (κ3) is 43.6. The molecule has 0 fully saturated rings. The number of ether oxygens (including phenoxy) is 2. The molecule has 0 radical (unpaired) electrons. The largest absolute Gasteiger partial charge is 0.493 e. The Morgan fingerprint density at radius 2 is 0.909 bits per heavy atom. The van der Waals surface area contributed by atoms with Crippen LogP contribution in [0.4, 0.5) is 0 Å². The van der Waals surface area contributed by atoms with Crippen LogP contribution in [0.1, 0.15) is 89.5 Å². The van der Waals surface area contributed by atoms with Crippen LogP contribution in [0.5, 0.6) is 11.5 Å². The fourth-order valence-corrected chi connectivity index (χ4v) is 6.74. The van der Waals surface area contributed by atoms with Crippen molar-refractivity contribution in [3.8, 4) is 11.5 Å². The third-order valence-corrected chi connectivity index (χ3v) is 11.0. The summed E-state index contributed by atoms with van der Waals surface area (Å²) in [5, 5.41) is 96.6. The van der Waals surface area contributed by atoms with E-state index in [1.54, 1.807) is 84.5 Å². The molecule has 28 N–H and O–H groups in total. The van der Waals surface area contributed by atoms with Crippen molar-refractivity contribution in [2.75, 3.05) is 13.2 Å². The zero-order chi connectivity index (χ0) is 74.4. The third-order valence-electron chi connectivity index (χ3n) is 10.0. The van der Waals surface area contributed by atoms with E-state index in [2.05, 4.69) is 204 Å². The summed E-state index contributed by atoms with van der Waals surface area (Å²) in [6, 6.07) is 14.0. The van der Waals surface area contributed by atoms with Crippen LogP contribution in [-0.2, 0) is 0 Å². The van der Waals surface area contributed by atoms with Crippen molar-refractivity contribution in [2.24, 2.45) is 95.6 Å². The maximum atomic E-state index is 9.56. The van der Waals surface area contributed by atoms with Gasteiger partial charge in [0.25, 0.3) is 35.8 Å². The summed E-state index contributed by atoms with van der Waals surface area (Å²) in [5.41, 5.74) is 49.9. The predicted octanol–water partition coefficient (Wildman–Crippen LogP) is -9.66. The topological polar surface area (TPSA) is 573 Å². The molecule has 526 valence electrons. The van der Waals surface area contributed by atoms with Gasteiger partial charge in [0.05, 0.1) is 38.1 Å². The average molecular weight is 1390 g/mol. The number of hydrazine groups is 6. The van der Waals surface area contributed by atoms with Gasteiger partial charge in [0.1, 0.15) is 23.0 Å². The summed E-state index contributed by atoms with van der Waals surface area (Å²) in [5.74, 6) is 2.62. The second kappa shape index (κ2) is 57.7. The van der Waals surface area contributed by atoms with E-state index in [4.69, 9.17) is 48.3 Å². The lowest BCUT2D eigenvalue weighted by molar-refractivity contribution is -0.496. The highest BCUT2D eigenvalue weighted by molar-refractivity contribution is 7.14. The standard InChI is InChI=1S/2C14H20BN5O3.C9H11N5O.C9H11N5S.C8H15N5.C5H9N5/c1-4-6-23-13-11(5-2)7-10(8-12(13)15(21)22)9-18-20-14(16)19-17-3;1-4-6-23-13-11(9-18-20-14(16)19-17-3)7-10(5-2)8-12(13)15(21)22;2*1-3-7-4-5-8(15-7)6-12-14-9(10)13-11-2;1-3-4-5-6-7-11-13-8(9)12-10-2;1-3-4-8-10-5(6)9-7-2/h2*5,7-9,21-22H,2-4,6H2,1H3,(H3,16,19,20);2*3-6H,1-2H2,(H3,10,13,14);3,7H,1-2,4-6H2,(H3,9,12,13);3-4H,1-2H2,(H3,6,9,10)/p+6. The van der Waals surface area contributed by atoms with Crippen molar-refractivity contribution >= 4 is 174 Å². The number of allylic oxidation sites excluding steroid dienone is 2. The molecule has 0 saturated carbocycles. The number of thiophene rings is 1. The van der Waals surface area contributed by atoms with Crippen LogP contribution in [0, 0.1) is 0 Å². The van der Waals surface area contributed by atoms with Crippen LogP contribution in [0.15, 0.2) is 166 Å². The molecular weight excluding hydrogens is 1290 g/mol. The average Bonchev–Trinajstić information content (AvgIpc) is 0.992. The normalized spacial score (nSPS) is 11.5.